The molecule has 0 N–H and O–H groups in total. The lowest BCUT2D eigenvalue weighted by Crippen LogP contribution is -2.39. The number of amides is 1. The van der Waals surface area contributed by atoms with Gasteiger partial charge in [0.25, 0.3) is 0 Å². The minimum atomic E-state index is 0.229. The van der Waals surface area contributed by atoms with Gasteiger partial charge in [-0.2, -0.15) is 0 Å². The quantitative estimate of drug-likeness (QED) is 0.769. The normalized spacial score (nSPS) is 21.7. The maximum atomic E-state index is 11.9. The van der Waals surface area contributed by atoms with Gasteiger partial charge in [-0.25, -0.2) is 4.98 Å². The second kappa shape index (κ2) is 4.75. The Morgan fingerprint density at radius 2 is 2.60 bits per heavy atom. The lowest BCUT2D eigenvalue weighted by molar-refractivity contribution is -0.132. The summed E-state index contributed by atoms with van der Waals surface area (Å²) in [6.45, 7) is 4.05. The maximum absolute atomic E-state index is 11.9. The number of likely N-dealkylation sites (tertiary alicyclic amines) is 1. The predicted molar refractivity (Wildman–Crippen MR) is 60.8 cm³/mol. The van der Waals surface area contributed by atoms with Crippen molar-refractivity contribution in [3.05, 3.63) is 16.6 Å². The Morgan fingerprint density at radius 3 is 3.27 bits per heavy atom. The maximum Gasteiger partial charge on any atom is 0.228 e. The van der Waals surface area contributed by atoms with Gasteiger partial charge in [0, 0.05) is 18.5 Å². The lowest BCUT2D eigenvalue weighted by Gasteiger charge is -2.30. The summed E-state index contributed by atoms with van der Waals surface area (Å²) >= 11 is 1.55. The number of hydrogen-bond acceptors (Lipinski definition) is 3. The van der Waals surface area contributed by atoms with Crippen molar-refractivity contribution in [1.29, 1.82) is 0 Å². The molecule has 0 spiro atoms. The van der Waals surface area contributed by atoms with Gasteiger partial charge in [-0.1, -0.05) is 6.92 Å². The van der Waals surface area contributed by atoms with Crippen LogP contribution in [0.4, 0.5) is 0 Å². The summed E-state index contributed by atoms with van der Waals surface area (Å²) in [5.74, 6) is 0.880. The summed E-state index contributed by atoms with van der Waals surface area (Å²) in [5, 5.41) is 1.95. The van der Waals surface area contributed by atoms with Crippen LogP contribution in [0.5, 0.6) is 0 Å². The smallest absolute Gasteiger partial charge is 0.228 e. The van der Waals surface area contributed by atoms with Crippen molar-refractivity contribution in [2.75, 3.05) is 13.1 Å². The van der Waals surface area contributed by atoms with Crippen LogP contribution in [0.2, 0.25) is 0 Å². The average Bonchev–Trinajstić information content (AvgIpc) is 2.70. The molecule has 0 radical (unpaired) electrons. The van der Waals surface area contributed by atoms with E-state index in [2.05, 4.69) is 11.9 Å². The molecule has 4 heteroatoms. The van der Waals surface area contributed by atoms with E-state index >= 15 is 0 Å². The number of nitrogens with zero attached hydrogens (tertiary/aromatic N) is 2. The van der Waals surface area contributed by atoms with Crippen molar-refractivity contribution < 1.29 is 4.79 Å². The Morgan fingerprint density at radius 1 is 1.73 bits per heavy atom. The fourth-order valence-corrected chi connectivity index (χ4v) is 2.57. The molecule has 3 nitrogen and oxygen atoms in total. The molecule has 0 bridgehead atoms. The summed E-state index contributed by atoms with van der Waals surface area (Å²) in [5.41, 5.74) is 2.68. The topological polar surface area (TPSA) is 33.2 Å². The Bertz CT molecular complexity index is 323. The molecule has 1 amide bonds. The van der Waals surface area contributed by atoms with Crippen molar-refractivity contribution in [2.45, 2.75) is 26.2 Å². The van der Waals surface area contributed by atoms with Crippen LogP contribution in [-0.2, 0) is 11.2 Å². The van der Waals surface area contributed by atoms with Crippen LogP contribution in [0.25, 0.3) is 0 Å². The van der Waals surface area contributed by atoms with Crippen molar-refractivity contribution >= 4 is 17.2 Å². The highest BCUT2D eigenvalue weighted by Crippen LogP contribution is 2.16. The van der Waals surface area contributed by atoms with E-state index in [1.807, 2.05) is 10.3 Å². The Labute approximate surface area is 94.1 Å². The minimum Gasteiger partial charge on any atom is -0.342 e. The van der Waals surface area contributed by atoms with E-state index in [-0.39, 0.29) is 5.91 Å². The van der Waals surface area contributed by atoms with Crippen molar-refractivity contribution in [3.8, 4) is 0 Å². The first-order chi connectivity index (χ1) is 7.25. The molecule has 1 aromatic heterocycles. The molecule has 0 aromatic carbocycles. The molecule has 0 saturated carbocycles. The third-order valence-corrected chi connectivity index (χ3v) is 3.46. The number of rotatable bonds is 2. The largest absolute Gasteiger partial charge is 0.342 e. The predicted octanol–water partition coefficient (Wildman–Crippen LogP) is 1.94. The fraction of sp³-hybridized carbons (Fsp3) is 0.636. The van der Waals surface area contributed by atoms with Gasteiger partial charge < -0.3 is 4.90 Å². The van der Waals surface area contributed by atoms with E-state index in [9.17, 15) is 4.79 Å². The van der Waals surface area contributed by atoms with Gasteiger partial charge in [0.05, 0.1) is 17.6 Å². The van der Waals surface area contributed by atoms with Crippen molar-refractivity contribution in [2.24, 2.45) is 5.92 Å². The molecule has 15 heavy (non-hydrogen) atoms. The molecule has 2 heterocycles. The summed E-state index contributed by atoms with van der Waals surface area (Å²) in [6.07, 6.45) is 2.86. The lowest BCUT2D eigenvalue weighted by atomic mass is 10.00. The Kier molecular flexibility index (Phi) is 3.36. The van der Waals surface area contributed by atoms with Gasteiger partial charge in [-0.3, -0.25) is 4.79 Å². The zero-order chi connectivity index (χ0) is 10.7. The van der Waals surface area contributed by atoms with E-state index in [4.69, 9.17) is 0 Å². The van der Waals surface area contributed by atoms with Gasteiger partial charge in [0.2, 0.25) is 5.91 Å². The third-order valence-electron chi connectivity index (χ3n) is 2.83. The molecule has 0 aliphatic carbocycles. The first-order valence-corrected chi connectivity index (χ1v) is 6.35. The van der Waals surface area contributed by atoms with Crippen LogP contribution in [0, 0.1) is 5.92 Å². The Hall–Kier alpha value is -0.900. The summed E-state index contributed by atoms with van der Waals surface area (Å²) in [7, 11) is 0. The number of aromatic nitrogens is 1. The van der Waals surface area contributed by atoms with Gasteiger partial charge >= 0.3 is 0 Å². The highest BCUT2D eigenvalue weighted by atomic mass is 32.1. The summed E-state index contributed by atoms with van der Waals surface area (Å²) < 4.78 is 0. The summed E-state index contributed by atoms with van der Waals surface area (Å²) in [4.78, 5) is 18.0. The highest BCUT2D eigenvalue weighted by molar-refractivity contribution is 7.07. The van der Waals surface area contributed by atoms with Crippen molar-refractivity contribution in [3.63, 3.8) is 0 Å². The molecule has 1 atom stereocenters. The zero-order valence-electron chi connectivity index (χ0n) is 8.98. The molecule has 1 unspecified atom stereocenters. The van der Waals surface area contributed by atoms with Gasteiger partial charge in [0.1, 0.15) is 0 Å². The number of piperidine rings is 1. The second-order valence-corrected chi connectivity index (χ2v) is 4.96. The van der Waals surface area contributed by atoms with E-state index < -0.39 is 0 Å². The van der Waals surface area contributed by atoms with E-state index in [0.29, 0.717) is 12.3 Å². The SMILES string of the molecule is CC1CCCN(C(=O)Cc2cscn2)C1. The molecule has 1 aromatic rings. The molecule has 1 fully saturated rings. The van der Waals surface area contributed by atoms with Crippen LogP contribution >= 0.6 is 11.3 Å². The Balaban J connectivity index is 1.90. The van der Waals surface area contributed by atoms with Crippen LogP contribution in [0.3, 0.4) is 0 Å². The molecule has 1 saturated heterocycles. The van der Waals surface area contributed by atoms with E-state index in [0.717, 1.165) is 25.2 Å². The number of thiazole rings is 1. The van der Waals surface area contributed by atoms with E-state index in [1.165, 1.54) is 6.42 Å². The first kappa shape index (κ1) is 10.6. The van der Waals surface area contributed by atoms with Crippen molar-refractivity contribution in [1.82, 2.24) is 9.88 Å². The number of carbonyl (C=O) groups excluding carboxylic acids is 1. The molecular weight excluding hydrogens is 208 g/mol. The van der Waals surface area contributed by atoms with Crippen LogP contribution in [0.1, 0.15) is 25.5 Å². The number of hydrogen-bond donors (Lipinski definition) is 0. The molecular formula is C11H16N2OS. The van der Waals surface area contributed by atoms with Crippen LogP contribution in [0.15, 0.2) is 10.9 Å². The molecule has 1 aliphatic rings. The molecule has 82 valence electrons. The standard InChI is InChI=1S/C11H16N2OS/c1-9-3-2-4-13(6-9)11(14)5-10-7-15-8-12-10/h7-9H,2-6H2,1H3. The minimum absolute atomic E-state index is 0.229. The highest BCUT2D eigenvalue weighted by Gasteiger charge is 2.21. The van der Waals surface area contributed by atoms with Gasteiger partial charge in [0.15, 0.2) is 0 Å². The zero-order valence-corrected chi connectivity index (χ0v) is 9.80. The first-order valence-electron chi connectivity index (χ1n) is 5.40. The molecule has 2 rings (SSSR count). The average molecular weight is 224 g/mol. The number of carbonyl (C=O) groups is 1. The fourth-order valence-electron chi connectivity index (χ4n) is 2.01. The van der Waals surface area contributed by atoms with Crippen LogP contribution < -0.4 is 0 Å². The van der Waals surface area contributed by atoms with Crippen LogP contribution in [-0.4, -0.2) is 28.9 Å². The third kappa shape index (κ3) is 2.78. The molecule has 1 aliphatic heterocycles. The van der Waals surface area contributed by atoms with Gasteiger partial charge in [-0.15, -0.1) is 11.3 Å². The van der Waals surface area contributed by atoms with Gasteiger partial charge in [-0.05, 0) is 18.8 Å². The monoisotopic (exact) mass is 224 g/mol. The summed E-state index contributed by atoms with van der Waals surface area (Å²) in [6, 6.07) is 0. The van der Waals surface area contributed by atoms with E-state index in [1.54, 1.807) is 16.8 Å². The second-order valence-electron chi connectivity index (χ2n) is 4.24.